The van der Waals surface area contributed by atoms with Gasteiger partial charge in [0.2, 0.25) is 0 Å². The molecule has 0 bridgehead atoms. The molecule has 0 aliphatic heterocycles. The Morgan fingerprint density at radius 1 is 1.31 bits per heavy atom. The first-order valence-electron chi connectivity index (χ1n) is 6.16. The molecule has 0 saturated heterocycles. The molecule has 0 radical (unpaired) electrons. The fourth-order valence-corrected chi connectivity index (χ4v) is 1.43. The van der Waals surface area contributed by atoms with Crippen LogP contribution in [-0.2, 0) is 11.3 Å². The van der Waals surface area contributed by atoms with E-state index in [1.54, 1.807) is 0 Å². The van der Waals surface area contributed by atoms with Gasteiger partial charge in [0.05, 0.1) is 6.61 Å². The predicted octanol–water partition coefficient (Wildman–Crippen LogP) is 3.68. The Hall–Kier alpha value is -1.02. The van der Waals surface area contributed by atoms with Gasteiger partial charge in [0.15, 0.2) is 0 Å². The van der Waals surface area contributed by atoms with Gasteiger partial charge in [-0.25, -0.2) is 0 Å². The van der Waals surface area contributed by atoms with Gasteiger partial charge in [-0.1, -0.05) is 32.4 Å². The SMILES string of the molecule is CCOCc1cccc(NCC(C)CC)c1. The third-order valence-electron chi connectivity index (χ3n) is 2.75. The summed E-state index contributed by atoms with van der Waals surface area (Å²) in [4.78, 5) is 0. The molecule has 0 spiro atoms. The van der Waals surface area contributed by atoms with E-state index >= 15 is 0 Å². The maximum Gasteiger partial charge on any atom is 0.0717 e. The Morgan fingerprint density at radius 2 is 2.12 bits per heavy atom. The van der Waals surface area contributed by atoms with Crippen molar-refractivity contribution in [1.82, 2.24) is 0 Å². The van der Waals surface area contributed by atoms with E-state index in [4.69, 9.17) is 4.74 Å². The summed E-state index contributed by atoms with van der Waals surface area (Å²) in [7, 11) is 0. The van der Waals surface area contributed by atoms with E-state index in [0.717, 1.165) is 19.1 Å². The van der Waals surface area contributed by atoms with Crippen LogP contribution in [0.15, 0.2) is 24.3 Å². The molecular weight excluding hydrogens is 198 g/mol. The number of benzene rings is 1. The molecule has 2 nitrogen and oxygen atoms in total. The van der Waals surface area contributed by atoms with Crippen molar-refractivity contribution in [3.8, 4) is 0 Å². The van der Waals surface area contributed by atoms with Gasteiger partial charge in [0, 0.05) is 18.8 Å². The smallest absolute Gasteiger partial charge is 0.0717 e. The van der Waals surface area contributed by atoms with Crippen LogP contribution in [0.5, 0.6) is 0 Å². The van der Waals surface area contributed by atoms with E-state index in [2.05, 4.69) is 43.4 Å². The van der Waals surface area contributed by atoms with Crippen molar-refractivity contribution in [3.63, 3.8) is 0 Å². The maximum atomic E-state index is 5.39. The Morgan fingerprint density at radius 3 is 2.81 bits per heavy atom. The largest absolute Gasteiger partial charge is 0.385 e. The third kappa shape index (κ3) is 4.67. The first kappa shape index (κ1) is 13.0. The van der Waals surface area contributed by atoms with Gasteiger partial charge in [-0.3, -0.25) is 0 Å². The summed E-state index contributed by atoms with van der Waals surface area (Å²) in [5.41, 5.74) is 2.42. The summed E-state index contributed by atoms with van der Waals surface area (Å²) in [6, 6.07) is 8.45. The summed E-state index contributed by atoms with van der Waals surface area (Å²) in [6.45, 7) is 9.01. The number of rotatable bonds is 7. The number of anilines is 1. The first-order valence-corrected chi connectivity index (χ1v) is 6.16. The molecular formula is C14H23NO. The van der Waals surface area contributed by atoms with E-state index in [-0.39, 0.29) is 0 Å². The zero-order valence-electron chi connectivity index (χ0n) is 10.6. The number of nitrogens with one attached hydrogen (secondary N) is 1. The van der Waals surface area contributed by atoms with Crippen molar-refractivity contribution in [1.29, 1.82) is 0 Å². The van der Waals surface area contributed by atoms with Crippen molar-refractivity contribution in [2.45, 2.75) is 33.8 Å². The lowest BCUT2D eigenvalue weighted by Gasteiger charge is -2.12. The lowest BCUT2D eigenvalue weighted by molar-refractivity contribution is 0.134. The molecule has 0 aliphatic rings. The highest BCUT2D eigenvalue weighted by Crippen LogP contribution is 2.12. The molecule has 1 unspecified atom stereocenters. The molecule has 16 heavy (non-hydrogen) atoms. The highest BCUT2D eigenvalue weighted by atomic mass is 16.5. The predicted molar refractivity (Wildman–Crippen MR) is 69.7 cm³/mol. The second-order valence-electron chi connectivity index (χ2n) is 4.23. The van der Waals surface area contributed by atoms with Crippen molar-refractivity contribution in [3.05, 3.63) is 29.8 Å². The Balaban J connectivity index is 2.46. The average Bonchev–Trinajstić information content (AvgIpc) is 2.34. The molecule has 90 valence electrons. The van der Waals surface area contributed by atoms with Gasteiger partial charge in [-0.15, -0.1) is 0 Å². The first-order chi connectivity index (χ1) is 7.76. The van der Waals surface area contributed by atoms with Crippen LogP contribution in [-0.4, -0.2) is 13.2 Å². The van der Waals surface area contributed by atoms with Crippen molar-refractivity contribution in [2.24, 2.45) is 5.92 Å². The summed E-state index contributed by atoms with van der Waals surface area (Å²) in [5.74, 6) is 0.718. The van der Waals surface area contributed by atoms with Crippen LogP contribution < -0.4 is 5.32 Å². The maximum absolute atomic E-state index is 5.39. The van der Waals surface area contributed by atoms with Crippen molar-refractivity contribution in [2.75, 3.05) is 18.5 Å². The van der Waals surface area contributed by atoms with Crippen LogP contribution in [0.25, 0.3) is 0 Å². The molecule has 1 aromatic rings. The summed E-state index contributed by atoms with van der Waals surface area (Å²) < 4.78 is 5.39. The average molecular weight is 221 g/mol. The van der Waals surface area contributed by atoms with E-state index in [9.17, 15) is 0 Å². The molecule has 0 amide bonds. The molecule has 1 atom stereocenters. The minimum atomic E-state index is 0.704. The Bertz CT molecular complexity index is 299. The summed E-state index contributed by atoms with van der Waals surface area (Å²) >= 11 is 0. The van der Waals surface area contributed by atoms with Crippen LogP contribution in [0.2, 0.25) is 0 Å². The molecule has 1 rings (SSSR count). The summed E-state index contributed by atoms with van der Waals surface area (Å²) in [6.07, 6.45) is 1.21. The molecule has 1 aromatic carbocycles. The molecule has 0 aliphatic carbocycles. The normalized spacial score (nSPS) is 12.4. The Kier molecular flexibility index (Phi) is 5.94. The molecule has 1 N–H and O–H groups in total. The van der Waals surface area contributed by atoms with E-state index in [1.165, 1.54) is 17.7 Å². The van der Waals surface area contributed by atoms with E-state index in [1.807, 2.05) is 6.92 Å². The van der Waals surface area contributed by atoms with Crippen molar-refractivity contribution < 1.29 is 4.74 Å². The van der Waals surface area contributed by atoms with Gasteiger partial charge >= 0.3 is 0 Å². The summed E-state index contributed by atoms with van der Waals surface area (Å²) in [5, 5.41) is 3.46. The highest BCUT2D eigenvalue weighted by Gasteiger charge is 1.99. The topological polar surface area (TPSA) is 21.3 Å². The van der Waals surface area contributed by atoms with E-state index in [0.29, 0.717) is 6.61 Å². The van der Waals surface area contributed by atoms with Crippen LogP contribution in [0.4, 0.5) is 5.69 Å². The lowest BCUT2D eigenvalue weighted by atomic mass is 10.1. The fourth-order valence-electron chi connectivity index (χ4n) is 1.43. The fraction of sp³-hybridized carbons (Fsp3) is 0.571. The van der Waals surface area contributed by atoms with Crippen LogP contribution in [0, 0.1) is 5.92 Å². The molecule has 0 saturated carbocycles. The quantitative estimate of drug-likeness (QED) is 0.758. The van der Waals surface area contributed by atoms with Gasteiger partial charge < -0.3 is 10.1 Å². The van der Waals surface area contributed by atoms with Crippen molar-refractivity contribution >= 4 is 5.69 Å². The standard InChI is InChI=1S/C14H23NO/c1-4-12(3)10-15-14-8-6-7-13(9-14)11-16-5-2/h6-9,12,15H,4-5,10-11H2,1-3H3. The second-order valence-corrected chi connectivity index (χ2v) is 4.23. The zero-order chi connectivity index (χ0) is 11.8. The minimum Gasteiger partial charge on any atom is -0.385 e. The van der Waals surface area contributed by atoms with Gasteiger partial charge in [-0.05, 0) is 30.5 Å². The molecule has 0 aromatic heterocycles. The van der Waals surface area contributed by atoms with E-state index < -0.39 is 0 Å². The Labute approximate surface area is 99.0 Å². The third-order valence-corrected chi connectivity index (χ3v) is 2.75. The molecule has 0 heterocycles. The molecule has 0 fully saturated rings. The number of hydrogen-bond donors (Lipinski definition) is 1. The highest BCUT2D eigenvalue weighted by molar-refractivity contribution is 5.45. The number of ether oxygens (including phenoxy) is 1. The lowest BCUT2D eigenvalue weighted by Crippen LogP contribution is -2.10. The second kappa shape index (κ2) is 7.29. The number of hydrogen-bond acceptors (Lipinski definition) is 2. The van der Waals surface area contributed by atoms with Gasteiger partial charge in [0.1, 0.15) is 0 Å². The van der Waals surface area contributed by atoms with Crippen LogP contribution >= 0.6 is 0 Å². The van der Waals surface area contributed by atoms with Crippen LogP contribution in [0.1, 0.15) is 32.8 Å². The van der Waals surface area contributed by atoms with Gasteiger partial charge in [0.25, 0.3) is 0 Å². The monoisotopic (exact) mass is 221 g/mol. The molecule has 2 heteroatoms. The van der Waals surface area contributed by atoms with Crippen LogP contribution in [0.3, 0.4) is 0 Å². The minimum absolute atomic E-state index is 0.704. The van der Waals surface area contributed by atoms with Gasteiger partial charge in [-0.2, -0.15) is 0 Å². The zero-order valence-corrected chi connectivity index (χ0v) is 10.6.